The van der Waals surface area contributed by atoms with Gasteiger partial charge < -0.3 is 5.32 Å². The van der Waals surface area contributed by atoms with Crippen LogP contribution < -0.4 is 5.32 Å². The topological polar surface area (TPSA) is 12.0 Å². The number of rotatable bonds is 6. The third kappa shape index (κ3) is 4.12. The van der Waals surface area contributed by atoms with Gasteiger partial charge in [-0.3, -0.25) is 0 Å². The van der Waals surface area contributed by atoms with Gasteiger partial charge in [0.25, 0.3) is 0 Å². The van der Waals surface area contributed by atoms with Gasteiger partial charge in [-0.1, -0.05) is 55.9 Å². The first-order valence-electron chi connectivity index (χ1n) is 6.89. The molecule has 2 rings (SSSR count). The van der Waals surface area contributed by atoms with Crippen LogP contribution in [-0.4, -0.2) is 6.54 Å². The van der Waals surface area contributed by atoms with Crippen LogP contribution in [0, 0.1) is 0 Å². The Morgan fingerprint density at radius 3 is 2.11 bits per heavy atom. The van der Waals surface area contributed by atoms with Crippen LogP contribution in [0.3, 0.4) is 0 Å². The molecule has 1 atom stereocenters. The highest BCUT2D eigenvalue weighted by atomic mass is 32.2. The van der Waals surface area contributed by atoms with Gasteiger partial charge in [0.15, 0.2) is 0 Å². The molecule has 0 aliphatic carbocycles. The summed E-state index contributed by atoms with van der Waals surface area (Å²) in [4.78, 5) is 2.58. The lowest BCUT2D eigenvalue weighted by Gasteiger charge is -2.16. The fraction of sp³-hybridized carbons (Fsp3) is 0.294. The zero-order valence-corrected chi connectivity index (χ0v) is 12.4. The Labute approximate surface area is 120 Å². The predicted octanol–water partition coefficient (Wildman–Crippen LogP) is 4.90. The van der Waals surface area contributed by atoms with Gasteiger partial charge >= 0.3 is 0 Å². The largest absolute Gasteiger partial charge is 0.310 e. The summed E-state index contributed by atoms with van der Waals surface area (Å²) >= 11 is 1.81. The van der Waals surface area contributed by atoms with E-state index in [1.165, 1.54) is 15.4 Å². The minimum Gasteiger partial charge on any atom is -0.310 e. The molecule has 1 nitrogen and oxygen atoms in total. The molecule has 0 amide bonds. The van der Waals surface area contributed by atoms with E-state index in [0.717, 1.165) is 13.0 Å². The molecule has 0 spiro atoms. The summed E-state index contributed by atoms with van der Waals surface area (Å²) in [5.74, 6) is 0. The molecule has 19 heavy (non-hydrogen) atoms. The van der Waals surface area contributed by atoms with E-state index in [1.54, 1.807) is 0 Å². The van der Waals surface area contributed by atoms with E-state index in [9.17, 15) is 0 Å². The Hall–Kier alpha value is -1.25. The molecule has 0 aromatic heterocycles. The van der Waals surface area contributed by atoms with E-state index in [0.29, 0.717) is 6.04 Å². The Morgan fingerprint density at radius 2 is 1.53 bits per heavy atom. The molecule has 0 aliphatic rings. The van der Waals surface area contributed by atoms with Crippen molar-refractivity contribution in [3.8, 4) is 0 Å². The third-order valence-corrected chi connectivity index (χ3v) is 4.14. The van der Waals surface area contributed by atoms with Crippen LogP contribution in [0.1, 0.15) is 31.9 Å². The van der Waals surface area contributed by atoms with Crippen LogP contribution in [0.4, 0.5) is 0 Å². The summed E-state index contributed by atoms with van der Waals surface area (Å²) in [6.07, 6.45) is 1.12. The van der Waals surface area contributed by atoms with Crippen molar-refractivity contribution in [1.29, 1.82) is 0 Å². The van der Waals surface area contributed by atoms with Crippen molar-refractivity contribution in [3.05, 3.63) is 60.2 Å². The van der Waals surface area contributed by atoms with Crippen LogP contribution in [-0.2, 0) is 0 Å². The third-order valence-electron chi connectivity index (χ3n) is 3.12. The van der Waals surface area contributed by atoms with Crippen LogP contribution >= 0.6 is 11.8 Å². The van der Waals surface area contributed by atoms with Crippen LogP contribution in [0.25, 0.3) is 0 Å². The summed E-state index contributed by atoms with van der Waals surface area (Å²) in [6, 6.07) is 19.9. The summed E-state index contributed by atoms with van der Waals surface area (Å²) in [5.41, 5.74) is 1.38. The van der Waals surface area contributed by atoms with E-state index in [2.05, 4.69) is 73.8 Å². The van der Waals surface area contributed by atoms with Crippen molar-refractivity contribution in [1.82, 2.24) is 5.32 Å². The standard InChI is InChI=1S/C17H21NS/c1-3-17(18-4-2)14-10-12-16(13-11-14)19-15-8-6-5-7-9-15/h5-13,17-18H,3-4H2,1-2H3. The summed E-state index contributed by atoms with van der Waals surface area (Å²) in [5, 5.41) is 3.51. The Kier molecular flexibility index (Phi) is 5.49. The SMILES string of the molecule is CCNC(CC)c1ccc(Sc2ccccc2)cc1. The van der Waals surface area contributed by atoms with Crippen molar-refractivity contribution >= 4 is 11.8 Å². The molecule has 0 fully saturated rings. The molecule has 2 aromatic rings. The molecule has 1 unspecified atom stereocenters. The lowest BCUT2D eigenvalue weighted by Crippen LogP contribution is -2.19. The van der Waals surface area contributed by atoms with Crippen molar-refractivity contribution in [2.45, 2.75) is 36.1 Å². The second kappa shape index (κ2) is 7.37. The molecule has 2 heteroatoms. The number of nitrogens with one attached hydrogen (secondary N) is 1. The monoisotopic (exact) mass is 271 g/mol. The zero-order valence-electron chi connectivity index (χ0n) is 11.6. The van der Waals surface area contributed by atoms with Crippen molar-refractivity contribution in [2.75, 3.05) is 6.54 Å². The summed E-state index contributed by atoms with van der Waals surface area (Å²) in [6.45, 7) is 5.39. The lowest BCUT2D eigenvalue weighted by molar-refractivity contribution is 0.537. The van der Waals surface area contributed by atoms with Crippen molar-refractivity contribution in [2.24, 2.45) is 0 Å². The molecule has 0 saturated carbocycles. The van der Waals surface area contributed by atoms with Gasteiger partial charge in [-0.15, -0.1) is 0 Å². The molecule has 0 bridgehead atoms. The fourth-order valence-electron chi connectivity index (χ4n) is 2.14. The van der Waals surface area contributed by atoms with Gasteiger partial charge in [0, 0.05) is 15.8 Å². The van der Waals surface area contributed by atoms with Gasteiger partial charge in [0.2, 0.25) is 0 Å². The average Bonchev–Trinajstić information content (AvgIpc) is 2.47. The van der Waals surface area contributed by atoms with E-state index in [-0.39, 0.29) is 0 Å². The predicted molar refractivity (Wildman–Crippen MR) is 83.7 cm³/mol. The minimum absolute atomic E-state index is 0.473. The zero-order chi connectivity index (χ0) is 13.5. The molecule has 0 heterocycles. The van der Waals surface area contributed by atoms with Gasteiger partial charge in [0.1, 0.15) is 0 Å². The average molecular weight is 271 g/mol. The second-order valence-electron chi connectivity index (χ2n) is 4.50. The maximum atomic E-state index is 3.51. The molecule has 1 N–H and O–H groups in total. The first-order chi connectivity index (χ1) is 9.33. The molecule has 0 radical (unpaired) electrons. The fourth-order valence-corrected chi connectivity index (χ4v) is 2.97. The molecule has 100 valence electrons. The molecule has 0 aliphatic heterocycles. The van der Waals surface area contributed by atoms with E-state index in [1.807, 2.05) is 11.8 Å². The van der Waals surface area contributed by atoms with Gasteiger partial charge in [0.05, 0.1) is 0 Å². The van der Waals surface area contributed by atoms with Gasteiger partial charge in [-0.25, -0.2) is 0 Å². The van der Waals surface area contributed by atoms with Crippen molar-refractivity contribution in [3.63, 3.8) is 0 Å². The van der Waals surface area contributed by atoms with Crippen LogP contribution in [0.15, 0.2) is 64.4 Å². The van der Waals surface area contributed by atoms with Crippen LogP contribution in [0.2, 0.25) is 0 Å². The number of hydrogen-bond acceptors (Lipinski definition) is 2. The Bertz CT molecular complexity index is 478. The smallest absolute Gasteiger partial charge is 0.0317 e. The summed E-state index contributed by atoms with van der Waals surface area (Å²) < 4.78 is 0. The maximum absolute atomic E-state index is 3.51. The van der Waals surface area contributed by atoms with E-state index >= 15 is 0 Å². The molecular formula is C17H21NS. The van der Waals surface area contributed by atoms with Gasteiger partial charge in [-0.05, 0) is 42.8 Å². The lowest BCUT2D eigenvalue weighted by atomic mass is 10.1. The highest BCUT2D eigenvalue weighted by molar-refractivity contribution is 7.99. The second-order valence-corrected chi connectivity index (χ2v) is 5.65. The quantitative estimate of drug-likeness (QED) is 0.802. The van der Waals surface area contributed by atoms with Crippen molar-refractivity contribution < 1.29 is 0 Å². The van der Waals surface area contributed by atoms with E-state index < -0.39 is 0 Å². The summed E-state index contributed by atoms with van der Waals surface area (Å²) in [7, 11) is 0. The number of benzene rings is 2. The van der Waals surface area contributed by atoms with Crippen LogP contribution in [0.5, 0.6) is 0 Å². The van der Waals surface area contributed by atoms with Gasteiger partial charge in [-0.2, -0.15) is 0 Å². The Morgan fingerprint density at radius 1 is 0.895 bits per heavy atom. The highest BCUT2D eigenvalue weighted by Crippen LogP contribution is 2.28. The molecule has 2 aromatic carbocycles. The first kappa shape index (κ1) is 14.2. The van der Waals surface area contributed by atoms with E-state index in [4.69, 9.17) is 0 Å². The minimum atomic E-state index is 0.473. The first-order valence-corrected chi connectivity index (χ1v) is 7.71. The Balaban J connectivity index is 2.06. The normalized spacial score (nSPS) is 12.3. The number of hydrogen-bond donors (Lipinski definition) is 1. The highest BCUT2D eigenvalue weighted by Gasteiger charge is 2.07. The maximum Gasteiger partial charge on any atom is 0.0317 e. The molecule has 0 saturated heterocycles. The molecular weight excluding hydrogens is 250 g/mol.